The van der Waals surface area contributed by atoms with Crippen molar-refractivity contribution in [2.24, 2.45) is 5.73 Å². The lowest BCUT2D eigenvalue weighted by Crippen LogP contribution is -2.41. The molecule has 3 rings (SSSR count). The van der Waals surface area contributed by atoms with Crippen LogP contribution in [0.5, 0.6) is 0 Å². The largest absolute Gasteiger partial charge is 0.466 e. The number of nitriles is 1. The van der Waals surface area contributed by atoms with Gasteiger partial charge in [-0.3, -0.25) is 4.90 Å². The summed E-state index contributed by atoms with van der Waals surface area (Å²) in [7, 11) is 2.40. The molecular formula is C23H19BrClN3O4. The lowest BCUT2D eigenvalue weighted by molar-refractivity contribution is -0.139. The summed E-state index contributed by atoms with van der Waals surface area (Å²) in [6.07, 6.45) is 0. The van der Waals surface area contributed by atoms with Gasteiger partial charge in [-0.05, 0) is 46.1 Å². The second-order valence-corrected chi connectivity index (χ2v) is 8.15. The molecule has 32 heavy (non-hydrogen) atoms. The van der Waals surface area contributed by atoms with Crippen LogP contribution < -0.4 is 10.6 Å². The topological polar surface area (TPSA) is 106 Å². The van der Waals surface area contributed by atoms with Crippen LogP contribution in [0, 0.1) is 18.3 Å². The van der Waals surface area contributed by atoms with Gasteiger partial charge >= 0.3 is 11.9 Å². The van der Waals surface area contributed by atoms with E-state index in [0.717, 1.165) is 0 Å². The van der Waals surface area contributed by atoms with Crippen molar-refractivity contribution in [1.29, 1.82) is 5.26 Å². The summed E-state index contributed by atoms with van der Waals surface area (Å²) in [6, 6.07) is 14.3. The van der Waals surface area contributed by atoms with Crippen molar-refractivity contribution >= 4 is 45.2 Å². The minimum absolute atomic E-state index is 0.00766. The van der Waals surface area contributed by atoms with Crippen LogP contribution >= 0.6 is 27.5 Å². The minimum atomic E-state index is -0.921. The normalized spacial score (nSPS) is 16.0. The smallest absolute Gasteiger partial charge is 0.355 e. The fraction of sp³-hybridized carbons (Fsp3) is 0.174. The average molecular weight is 517 g/mol. The number of aryl methyl sites for hydroxylation is 1. The Kier molecular flexibility index (Phi) is 6.92. The Hall–Kier alpha value is -3.28. The van der Waals surface area contributed by atoms with E-state index in [9.17, 15) is 14.9 Å². The first kappa shape index (κ1) is 23.4. The number of anilines is 1. The van der Waals surface area contributed by atoms with Crippen LogP contribution in [0.1, 0.15) is 17.0 Å². The number of allylic oxidation sites excluding steroid dienone is 1. The molecule has 7 nitrogen and oxygen atoms in total. The molecule has 2 aromatic carbocycles. The van der Waals surface area contributed by atoms with Crippen molar-refractivity contribution in [3.05, 3.63) is 85.8 Å². The Bertz CT molecular complexity index is 1200. The van der Waals surface area contributed by atoms with Gasteiger partial charge in [-0.25, -0.2) is 9.59 Å². The van der Waals surface area contributed by atoms with E-state index in [1.165, 1.54) is 19.1 Å². The minimum Gasteiger partial charge on any atom is -0.466 e. The number of benzene rings is 2. The molecule has 0 saturated heterocycles. The highest BCUT2D eigenvalue weighted by Gasteiger charge is 2.43. The zero-order valence-electron chi connectivity index (χ0n) is 17.5. The van der Waals surface area contributed by atoms with Gasteiger partial charge in [0.2, 0.25) is 0 Å². The molecule has 0 aliphatic carbocycles. The van der Waals surface area contributed by atoms with Gasteiger partial charge in [0, 0.05) is 4.47 Å². The van der Waals surface area contributed by atoms with Crippen LogP contribution in [0.15, 0.2) is 69.6 Å². The van der Waals surface area contributed by atoms with Gasteiger partial charge in [0.05, 0.1) is 48.1 Å². The van der Waals surface area contributed by atoms with Gasteiger partial charge < -0.3 is 15.2 Å². The Morgan fingerprint density at radius 1 is 1.16 bits per heavy atom. The zero-order valence-corrected chi connectivity index (χ0v) is 19.8. The number of hydrogen-bond acceptors (Lipinski definition) is 7. The number of hydrogen-bond donors (Lipinski definition) is 1. The zero-order chi connectivity index (χ0) is 23.6. The van der Waals surface area contributed by atoms with Gasteiger partial charge in [0.25, 0.3) is 0 Å². The molecule has 1 heterocycles. The summed E-state index contributed by atoms with van der Waals surface area (Å²) in [4.78, 5) is 27.4. The summed E-state index contributed by atoms with van der Waals surface area (Å²) < 4.78 is 10.6. The number of ether oxygens (including phenoxy) is 2. The third-order valence-corrected chi connectivity index (χ3v) is 6.29. The number of nitrogens with two attached hydrogens (primary N) is 1. The SMILES string of the molecule is COC(=O)C1=C(C(=O)OC)N(c2cc(Br)c(Cl)cc2C)C(N)=C(C#N)C1c1ccccc1. The Labute approximate surface area is 198 Å². The van der Waals surface area contributed by atoms with E-state index < -0.39 is 17.9 Å². The van der Waals surface area contributed by atoms with Crippen molar-refractivity contribution in [3.8, 4) is 6.07 Å². The Balaban J connectivity index is 2.46. The number of rotatable bonds is 4. The predicted octanol–water partition coefficient (Wildman–Crippen LogP) is 4.31. The maximum atomic E-state index is 13.0. The third kappa shape index (κ3) is 3.97. The van der Waals surface area contributed by atoms with E-state index in [-0.39, 0.29) is 22.7 Å². The first-order valence-corrected chi connectivity index (χ1v) is 10.5. The lowest BCUT2D eigenvalue weighted by Gasteiger charge is -2.36. The third-order valence-electron chi connectivity index (χ3n) is 5.09. The first-order chi connectivity index (χ1) is 15.3. The number of carbonyl (C=O) groups excluding carboxylic acids is 2. The number of carbonyl (C=O) groups is 2. The second kappa shape index (κ2) is 9.47. The molecule has 9 heteroatoms. The molecule has 0 bridgehead atoms. The lowest BCUT2D eigenvalue weighted by atomic mass is 9.81. The molecule has 1 atom stereocenters. The van der Waals surface area contributed by atoms with Crippen molar-refractivity contribution < 1.29 is 19.1 Å². The highest BCUT2D eigenvalue weighted by atomic mass is 79.9. The fourth-order valence-corrected chi connectivity index (χ4v) is 4.19. The Morgan fingerprint density at radius 2 is 1.78 bits per heavy atom. The van der Waals surface area contributed by atoms with E-state index in [1.807, 2.05) is 0 Å². The monoisotopic (exact) mass is 515 g/mol. The molecule has 0 spiro atoms. The van der Waals surface area contributed by atoms with Gasteiger partial charge in [-0.15, -0.1) is 0 Å². The van der Waals surface area contributed by atoms with Crippen LogP contribution in [0.3, 0.4) is 0 Å². The van der Waals surface area contributed by atoms with E-state index in [2.05, 4.69) is 22.0 Å². The van der Waals surface area contributed by atoms with Gasteiger partial charge in [0.15, 0.2) is 0 Å². The molecule has 1 aliphatic rings. The highest BCUT2D eigenvalue weighted by molar-refractivity contribution is 9.10. The molecule has 0 aromatic heterocycles. The summed E-state index contributed by atoms with van der Waals surface area (Å²) in [6.45, 7) is 1.77. The quantitative estimate of drug-likeness (QED) is 0.604. The van der Waals surface area contributed by atoms with Crippen molar-refractivity contribution in [3.63, 3.8) is 0 Å². The molecule has 0 fully saturated rings. The molecule has 1 unspecified atom stereocenters. The second-order valence-electron chi connectivity index (χ2n) is 6.89. The first-order valence-electron chi connectivity index (χ1n) is 9.38. The fourth-order valence-electron chi connectivity index (χ4n) is 3.64. The molecule has 2 aromatic rings. The van der Waals surface area contributed by atoms with Crippen LogP contribution in [0.4, 0.5) is 5.69 Å². The number of nitrogens with zero attached hydrogens (tertiary/aromatic N) is 2. The van der Waals surface area contributed by atoms with Crippen molar-refractivity contribution in [1.82, 2.24) is 0 Å². The maximum Gasteiger partial charge on any atom is 0.355 e. The van der Waals surface area contributed by atoms with Gasteiger partial charge in [-0.1, -0.05) is 41.9 Å². The standard InChI is InChI=1S/C23H19BrClN3O4/c1-12-9-16(25)15(24)10-17(12)28-20(23(30)32-3)19(22(29)31-2)18(14(11-26)21(28)27)13-7-5-4-6-8-13/h4-10,18H,27H2,1-3H3. The Morgan fingerprint density at radius 3 is 2.34 bits per heavy atom. The summed E-state index contributed by atoms with van der Waals surface area (Å²) >= 11 is 9.58. The summed E-state index contributed by atoms with van der Waals surface area (Å²) in [5.41, 5.74) is 8.08. The van der Waals surface area contributed by atoms with Crippen molar-refractivity contribution in [2.75, 3.05) is 19.1 Å². The molecule has 2 N–H and O–H groups in total. The van der Waals surface area contributed by atoms with Crippen LogP contribution in [-0.4, -0.2) is 26.2 Å². The molecule has 0 saturated carbocycles. The number of esters is 2. The molecular weight excluding hydrogens is 498 g/mol. The highest BCUT2D eigenvalue weighted by Crippen LogP contribution is 2.44. The summed E-state index contributed by atoms with van der Waals surface area (Å²) in [5, 5.41) is 10.5. The predicted molar refractivity (Wildman–Crippen MR) is 123 cm³/mol. The molecule has 164 valence electrons. The number of halogens is 2. The van der Waals surface area contributed by atoms with E-state index in [4.69, 9.17) is 26.8 Å². The van der Waals surface area contributed by atoms with E-state index in [1.54, 1.807) is 49.4 Å². The molecule has 0 amide bonds. The van der Waals surface area contributed by atoms with Crippen molar-refractivity contribution in [2.45, 2.75) is 12.8 Å². The van der Waals surface area contributed by atoms with E-state index >= 15 is 0 Å². The van der Waals surface area contributed by atoms with Crippen LogP contribution in [0.2, 0.25) is 5.02 Å². The van der Waals surface area contributed by atoms with Gasteiger partial charge in [0.1, 0.15) is 11.5 Å². The van der Waals surface area contributed by atoms with E-state index in [0.29, 0.717) is 26.3 Å². The van der Waals surface area contributed by atoms with Gasteiger partial charge in [-0.2, -0.15) is 5.26 Å². The van der Waals surface area contributed by atoms with Crippen LogP contribution in [0.25, 0.3) is 0 Å². The summed E-state index contributed by atoms with van der Waals surface area (Å²) in [5.74, 6) is -2.52. The molecule has 1 aliphatic heterocycles. The number of methoxy groups -OCH3 is 2. The average Bonchev–Trinajstić information content (AvgIpc) is 2.80. The molecule has 0 radical (unpaired) electrons. The maximum absolute atomic E-state index is 13.0. The van der Waals surface area contributed by atoms with Crippen LogP contribution in [-0.2, 0) is 19.1 Å².